The third-order valence-electron chi connectivity index (χ3n) is 6.78. The van der Waals surface area contributed by atoms with Crippen LogP contribution >= 0.6 is 0 Å². The lowest BCUT2D eigenvalue weighted by molar-refractivity contribution is -0.0345. The third kappa shape index (κ3) is 1.78. The summed E-state index contributed by atoms with van der Waals surface area (Å²) in [5.74, 6) is 2.19. The zero-order valence-corrected chi connectivity index (χ0v) is 14.9. The molecule has 2 heterocycles. The Morgan fingerprint density at radius 2 is 1.19 bits per heavy atom. The van der Waals surface area contributed by atoms with Crippen LogP contribution in [0.3, 0.4) is 0 Å². The van der Waals surface area contributed by atoms with Gasteiger partial charge < -0.3 is 20.1 Å². The van der Waals surface area contributed by atoms with Crippen LogP contribution in [0, 0.1) is 5.41 Å². The molecule has 2 aliphatic heterocycles. The minimum atomic E-state index is -0.0105. The molecule has 0 saturated heterocycles. The summed E-state index contributed by atoms with van der Waals surface area (Å²) in [5.41, 5.74) is 7.66. The van der Waals surface area contributed by atoms with E-state index in [0.717, 1.165) is 37.2 Å². The highest BCUT2D eigenvalue weighted by molar-refractivity contribution is 5.76. The normalized spacial score (nSPS) is 27.9. The summed E-state index contributed by atoms with van der Waals surface area (Å²) in [7, 11) is 0. The second-order valence-corrected chi connectivity index (χ2v) is 8.28. The summed E-state index contributed by atoms with van der Waals surface area (Å²) in [6.07, 6.45) is 4.00. The molecule has 2 N–H and O–H groups in total. The van der Waals surface area contributed by atoms with Gasteiger partial charge >= 0.3 is 0 Å². The third-order valence-corrected chi connectivity index (χ3v) is 6.78. The Labute approximate surface area is 157 Å². The zero-order valence-electron chi connectivity index (χ0n) is 14.9. The number of fused-ring (bicyclic) bond motifs is 4. The van der Waals surface area contributed by atoms with E-state index >= 15 is 0 Å². The van der Waals surface area contributed by atoms with E-state index in [2.05, 4.69) is 59.2 Å². The highest BCUT2D eigenvalue weighted by atomic mass is 16.5. The van der Waals surface area contributed by atoms with E-state index in [4.69, 9.17) is 9.47 Å². The Bertz CT molecular complexity index is 982. The van der Waals surface area contributed by atoms with E-state index in [-0.39, 0.29) is 17.9 Å². The first kappa shape index (κ1) is 14.2. The monoisotopic (exact) mass is 356 g/mol. The van der Waals surface area contributed by atoms with E-state index in [9.17, 15) is 0 Å². The van der Waals surface area contributed by atoms with E-state index in [0.29, 0.717) is 0 Å². The second-order valence-electron chi connectivity index (χ2n) is 8.28. The van der Waals surface area contributed by atoms with Crippen LogP contribution in [-0.4, -0.2) is 12.5 Å². The fraction of sp³-hybridized carbons (Fsp3) is 0.304. The minimum absolute atomic E-state index is 0.00142. The predicted octanol–water partition coefficient (Wildman–Crippen LogP) is 3.51. The van der Waals surface area contributed by atoms with Crippen molar-refractivity contribution in [2.75, 3.05) is 0 Å². The quantitative estimate of drug-likeness (QED) is 0.864. The highest BCUT2D eigenvalue weighted by Crippen LogP contribution is 2.58. The summed E-state index contributed by atoms with van der Waals surface area (Å²) in [6, 6.07) is 17.2. The second kappa shape index (κ2) is 4.69. The fourth-order valence-electron chi connectivity index (χ4n) is 5.11. The van der Waals surface area contributed by atoms with Crippen molar-refractivity contribution in [1.82, 2.24) is 10.6 Å². The molecule has 4 heteroatoms. The van der Waals surface area contributed by atoms with Crippen molar-refractivity contribution in [1.29, 1.82) is 0 Å². The van der Waals surface area contributed by atoms with Gasteiger partial charge in [0.1, 0.15) is 11.5 Å². The maximum Gasteiger partial charge on any atom is 0.180 e. The molecule has 0 aromatic heterocycles. The number of nitrogens with one attached hydrogen (secondary N) is 2. The summed E-state index contributed by atoms with van der Waals surface area (Å²) in [4.78, 5) is 0. The molecule has 27 heavy (non-hydrogen) atoms. The van der Waals surface area contributed by atoms with Gasteiger partial charge in [-0.3, -0.25) is 0 Å². The van der Waals surface area contributed by atoms with E-state index in [1.54, 1.807) is 0 Å². The van der Waals surface area contributed by atoms with Gasteiger partial charge in [0.2, 0.25) is 0 Å². The van der Waals surface area contributed by atoms with Crippen LogP contribution in [0.4, 0.5) is 0 Å². The van der Waals surface area contributed by atoms with Crippen molar-refractivity contribution in [3.05, 3.63) is 82.3 Å². The summed E-state index contributed by atoms with van der Waals surface area (Å²) in [6.45, 7) is 0. The topological polar surface area (TPSA) is 42.5 Å². The summed E-state index contributed by atoms with van der Waals surface area (Å²) in [5, 5.41) is 7.38. The lowest BCUT2D eigenvalue weighted by Gasteiger charge is -2.31. The van der Waals surface area contributed by atoms with Crippen LogP contribution in [0.1, 0.15) is 35.1 Å². The molecule has 0 spiro atoms. The molecule has 2 aromatic carbocycles. The van der Waals surface area contributed by atoms with Gasteiger partial charge in [0.15, 0.2) is 12.5 Å². The van der Waals surface area contributed by atoms with Gasteiger partial charge in [-0.2, -0.15) is 0 Å². The molecular formula is C23H20N2O2. The molecule has 1 saturated carbocycles. The van der Waals surface area contributed by atoms with Crippen LogP contribution in [0.25, 0.3) is 11.4 Å². The van der Waals surface area contributed by atoms with Crippen molar-refractivity contribution in [3.8, 4) is 0 Å². The smallest absolute Gasteiger partial charge is 0.180 e. The Hall–Kier alpha value is -2.88. The number of benzene rings is 2. The Kier molecular flexibility index (Phi) is 2.47. The summed E-state index contributed by atoms with van der Waals surface area (Å²) >= 11 is 0. The number of hydrogen-bond donors (Lipinski definition) is 2. The van der Waals surface area contributed by atoms with Gasteiger partial charge in [0.05, 0.1) is 16.8 Å². The first-order chi connectivity index (χ1) is 13.3. The number of ether oxygens (including phenoxy) is 2. The molecule has 0 radical (unpaired) electrons. The maximum absolute atomic E-state index is 6.43. The van der Waals surface area contributed by atoms with Crippen LogP contribution in [0.15, 0.2) is 60.0 Å². The van der Waals surface area contributed by atoms with E-state index < -0.39 is 0 Å². The molecule has 0 bridgehead atoms. The largest absolute Gasteiger partial charge is 0.472 e. The van der Waals surface area contributed by atoms with Crippen LogP contribution < -0.4 is 10.6 Å². The van der Waals surface area contributed by atoms with Gasteiger partial charge in [-0.15, -0.1) is 0 Å². The van der Waals surface area contributed by atoms with Gasteiger partial charge in [-0.25, -0.2) is 0 Å². The molecule has 134 valence electrons. The molecular weight excluding hydrogens is 336 g/mol. The van der Waals surface area contributed by atoms with Gasteiger partial charge in [0, 0.05) is 24.0 Å². The van der Waals surface area contributed by atoms with Gasteiger partial charge in [-0.1, -0.05) is 48.5 Å². The first-order valence-corrected chi connectivity index (χ1v) is 9.81. The van der Waals surface area contributed by atoms with Crippen molar-refractivity contribution < 1.29 is 9.47 Å². The average molecular weight is 356 g/mol. The number of hydrogen-bond acceptors (Lipinski definition) is 4. The Morgan fingerprint density at radius 3 is 1.67 bits per heavy atom. The Balaban J connectivity index is 1.14. The molecule has 2 atom stereocenters. The number of rotatable bonds is 2. The molecule has 3 aliphatic carbocycles. The van der Waals surface area contributed by atoms with Gasteiger partial charge in [-0.05, 0) is 24.0 Å². The van der Waals surface area contributed by atoms with Crippen LogP contribution in [0.2, 0.25) is 0 Å². The van der Waals surface area contributed by atoms with Crippen molar-refractivity contribution in [3.63, 3.8) is 0 Å². The standard InChI is InChI=1S/C23H20N2O2/c1-3-7-15-13(5-1)11-17-19(15)24-21(26-17)23(9-10-23)22-25-20-16-8-4-2-6-14(16)12-18(20)27-22/h1-8,21-22,24-25H,9-12H2. The predicted molar refractivity (Wildman–Crippen MR) is 102 cm³/mol. The lowest BCUT2D eigenvalue weighted by atomic mass is 10.0. The van der Waals surface area contributed by atoms with Crippen LogP contribution in [-0.2, 0) is 22.3 Å². The summed E-state index contributed by atoms with van der Waals surface area (Å²) < 4.78 is 12.9. The number of allylic oxidation sites excluding steroid dienone is 2. The molecule has 7 rings (SSSR count). The van der Waals surface area contributed by atoms with Gasteiger partial charge in [0.25, 0.3) is 0 Å². The Morgan fingerprint density at radius 1 is 0.704 bits per heavy atom. The minimum Gasteiger partial charge on any atom is -0.472 e. The fourth-order valence-corrected chi connectivity index (χ4v) is 5.11. The lowest BCUT2D eigenvalue weighted by Crippen LogP contribution is -2.46. The van der Waals surface area contributed by atoms with E-state index in [1.165, 1.54) is 33.6 Å². The molecule has 0 amide bonds. The molecule has 4 nitrogen and oxygen atoms in total. The molecule has 2 unspecified atom stereocenters. The molecule has 5 aliphatic rings. The maximum atomic E-state index is 6.43. The van der Waals surface area contributed by atoms with Crippen molar-refractivity contribution in [2.45, 2.75) is 38.1 Å². The molecule has 1 fully saturated rings. The SMILES string of the molecule is c1ccc2c(c1)CC1=C2NC(C2(C3NC4=C(Cc5ccccc54)O3)CC2)O1. The highest BCUT2D eigenvalue weighted by Gasteiger charge is 2.62. The average Bonchev–Trinajstić information content (AvgIpc) is 2.99. The van der Waals surface area contributed by atoms with E-state index in [1.807, 2.05) is 0 Å². The zero-order chi connectivity index (χ0) is 17.6. The van der Waals surface area contributed by atoms with Crippen molar-refractivity contribution in [2.24, 2.45) is 5.41 Å². The first-order valence-electron chi connectivity index (χ1n) is 9.81. The van der Waals surface area contributed by atoms with Crippen molar-refractivity contribution >= 4 is 11.4 Å². The molecule has 2 aromatic rings. The van der Waals surface area contributed by atoms with Crippen LogP contribution in [0.5, 0.6) is 0 Å².